The van der Waals surface area contributed by atoms with Crippen LogP contribution in [-0.4, -0.2) is 40.6 Å². The highest BCUT2D eigenvalue weighted by Crippen LogP contribution is 2.27. The molecule has 3 heterocycles. The van der Waals surface area contributed by atoms with E-state index in [-0.39, 0.29) is 23.5 Å². The van der Waals surface area contributed by atoms with Crippen LogP contribution in [0.15, 0.2) is 30.6 Å². The van der Waals surface area contributed by atoms with Crippen molar-refractivity contribution < 1.29 is 13.2 Å². The van der Waals surface area contributed by atoms with Gasteiger partial charge in [0.15, 0.2) is 9.84 Å². The standard InChI is InChI=1S/C14H16N4O3S/c1-10-8-13(16-14(19)11-2-5-15-6-3-11)18(17-10)12-4-7-22(20,21)9-12/h2-3,5-6,8,12H,4,7,9H2,1H3,(H,16,19)/t12-/m0/s1. The largest absolute Gasteiger partial charge is 0.307 e. The minimum Gasteiger partial charge on any atom is -0.307 e. The van der Waals surface area contributed by atoms with Gasteiger partial charge in [-0.2, -0.15) is 5.10 Å². The van der Waals surface area contributed by atoms with Gasteiger partial charge in [0.05, 0.1) is 23.2 Å². The Morgan fingerprint density at radius 1 is 1.36 bits per heavy atom. The summed E-state index contributed by atoms with van der Waals surface area (Å²) in [6, 6.07) is 4.74. The molecular weight excluding hydrogens is 304 g/mol. The van der Waals surface area contributed by atoms with Crippen molar-refractivity contribution in [3.8, 4) is 0 Å². The molecule has 0 spiro atoms. The van der Waals surface area contributed by atoms with Crippen LogP contribution in [-0.2, 0) is 9.84 Å². The molecule has 0 aromatic carbocycles. The van der Waals surface area contributed by atoms with Gasteiger partial charge in [0.2, 0.25) is 0 Å². The van der Waals surface area contributed by atoms with E-state index in [9.17, 15) is 13.2 Å². The number of anilines is 1. The fourth-order valence-corrected chi connectivity index (χ4v) is 4.24. The number of sulfone groups is 1. The number of carbonyl (C=O) groups excluding carboxylic acids is 1. The molecule has 7 nitrogen and oxygen atoms in total. The zero-order valence-electron chi connectivity index (χ0n) is 12.1. The van der Waals surface area contributed by atoms with E-state index in [0.717, 1.165) is 5.69 Å². The van der Waals surface area contributed by atoms with E-state index < -0.39 is 9.84 Å². The molecule has 1 amide bonds. The Bertz CT molecular complexity index is 799. The van der Waals surface area contributed by atoms with E-state index in [1.54, 1.807) is 35.3 Å². The van der Waals surface area contributed by atoms with E-state index in [1.165, 1.54) is 0 Å². The smallest absolute Gasteiger partial charge is 0.256 e. The second kappa shape index (κ2) is 5.53. The summed E-state index contributed by atoms with van der Waals surface area (Å²) in [5.74, 6) is 0.464. The molecule has 1 fully saturated rings. The molecule has 0 radical (unpaired) electrons. The van der Waals surface area contributed by atoms with Gasteiger partial charge in [0, 0.05) is 24.0 Å². The minimum atomic E-state index is -3.01. The number of hydrogen-bond donors (Lipinski definition) is 1. The molecule has 2 aromatic rings. The molecule has 22 heavy (non-hydrogen) atoms. The first kappa shape index (κ1) is 14.7. The quantitative estimate of drug-likeness (QED) is 0.917. The molecule has 1 saturated heterocycles. The molecule has 3 rings (SSSR count). The molecule has 0 unspecified atom stereocenters. The molecule has 1 aliphatic rings. The molecule has 8 heteroatoms. The molecule has 0 aliphatic carbocycles. The van der Waals surface area contributed by atoms with Crippen LogP contribution in [0.1, 0.15) is 28.5 Å². The molecule has 2 aromatic heterocycles. The van der Waals surface area contributed by atoms with Gasteiger partial charge in [-0.25, -0.2) is 13.1 Å². The normalized spacial score (nSPS) is 20.0. The second-order valence-corrected chi connectivity index (χ2v) is 7.59. The summed E-state index contributed by atoms with van der Waals surface area (Å²) in [7, 11) is -3.01. The fraction of sp³-hybridized carbons (Fsp3) is 0.357. The van der Waals surface area contributed by atoms with Gasteiger partial charge in [-0.1, -0.05) is 0 Å². The number of rotatable bonds is 3. The third kappa shape index (κ3) is 3.01. The number of aryl methyl sites for hydroxylation is 1. The van der Waals surface area contributed by atoms with Crippen molar-refractivity contribution in [1.29, 1.82) is 0 Å². The number of aromatic nitrogens is 3. The van der Waals surface area contributed by atoms with Crippen molar-refractivity contribution in [2.45, 2.75) is 19.4 Å². The Morgan fingerprint density at radius 2 is 2.09 bits per heavy atom. The first-order valence-corrected chi connectivity index (χ1v) is 8.75. The summed E-state index contributed by atoms with van der Waals surface area (Å²) in [5.41, 5.74) is 1.22. The van der Waals surface area contributed by atoms with Crippen molar-refractivity contribution >= 4 is 21.6 Å². The van der Waals surface area contributed by atoms with Crippen LogP contribution in [0.4, 0.5) is 5.82 Å². The van der Waals surface area contributed by atoms with Crippen LogP contribution in [0.25, 0.3) is 0 Å². The van der Waals surface area contributed by atoms with Crippen molar-refractivity contribution in [3.63, 3.8) is 0 Å². The predicted octanol–water partition coefficient (Wildman–Crippen LogP) is 1.20. The first-order chi connectivity index (χ1) is 10.4. The highest BCUT2D eigenvalue weighted by Gasteiger charge is 2.31. The molecule has 116 valence electrons. The summed E-state index contributed by atoms with van der Waals surface area (Å²) in [6.45, 7) is 1.81. The Balaban J connectivity index is 1.84. The van der Waals surface area contributed by atoms with Crippen LogP contribution >= 0.6 is 0 Å². The highest BCUT2D eigenvalue weighted by molar-refractivity contribution is 7.91. The Labute approximate surface area is 128 Å². The summed E-state index contributed by atoms with van der Waals surface area (Å²) < 4.78 is 24.9. The fourth-order valence-electron chi connectivity index (χ4n) is 2.55. The van der Waals surface area contributed by atoms with Crippen molar-refractivity contribution in [3.05, 3.63) is 41.9 Å². The maximum atomic E-state index is 12.2. The Hall–Kier alpha value is -2.22. The number of pyridine rings is 1. The SMILES string of the molecule is Cc1cc(NC(=O)c2ccncc2)n([C@H]2CCS(=O)(=O)C2)n1. The van der Waals surface area contributed by atoms with E-state index in [2.05, 4.69) is 15.4 Å². The number of nitrogens with zero attached hydrogens (tertiary/aromatic N) is 3. The predicted molar refractivity (Wildman–Crippen MR) is 81.5 cm³/mol. The highest BCUT2D eigenvalue weighted by atomic mass is 32.2. The van der Waals surface area contributed by atoms with Gasteiger partial charge >= 0.3 is 0 Å². The van der Waals surface area contributed by atoms with Gasteiger partial charge in [-0.3, -0.25) is 9.78 Å². The van der Waals surface area contributed by atoms with Gasteiger partial charge in [0.25, 0.3) is 5.91 Å². The molecule has 1 aliphatic heterocycles. The maximum Gasteiger partial charge on any atom is 0.256 e. The lowest BCUT2D eigenvalue weighted by Gasteiger charge is -2.13. The lowest BCUT2D eigenvalue weighted by atomic mass is 10.2. The van der Waals surface area contributed by atoms with E-state index in [1.807, 2.05) is 6.92 Å². The van der Waals surface area contributed by atoms with Gasteiger partial charge < -0.3 is 5.32 Å². The summed E-state index contributed by atoms with van der Waals surface area (Å²) in [4.78, 5) is 16.1. The van der Waals surface area contributed by atoms with Crippen LogP contribution in [0, 0.1) is 6.92 Å². The number of nitrogens with one attached hydrogen (secondary N) is 1. The topological polar surface area (TPSA) is 94.0 Å². The van der Waals surface area contributed by atoms with Crippen LogP contribution in [0.3, 0.4) is 0 Å². The summed E-state index contributed by atoms with van der Waals surface area (Å²) in [5, 5.41) is 7.12. The minimum absolute atomic E-state index is 0.0618. The third-order valence-corrected chi connectivity index (χ3v) is 5.35. The molecule has 0 saturated carbocycles. The van der Waals surface area contributed by atoms with Crippen molar-refractivity contribution in [2.75, 3.05) is 16.8 Å². The number of hydrogen-bond acceptors (Lipinski definition) is 5. The van der Waals surface area contributed by atoms with Gasteiger partial charge in [0.1, 0.15) is 5.82 Å². The number of amides is 1. The summed E-state index contributed by atoms with van der Waals surface area (Å²) in [6.07, 6.45) is 3.60. The second-order valence-electron chi connectivity index (χ2n) is 5.36. The zero-order valence-corrected chi connectivity index (χ0v) is 12.9. The molecule has 0 bridgehead atoms. The van der Waals surface area contributed by atoms with E-state index >= 15 is 0 Å². The van der Waals surface area contributed by atoms with Gasteiger partial charge in [-0.15, -0.1) is 0 Å². The molecule has 1 atom stereocenters. The van der Waals surface area contributed by atoms with Crippen molar-refractivity contribution in [1.82, 2.24) is 14.8 Å². The van der Waals surface area contributed by atoms with Gasteiger partial charge in [-0.05, 0) is 25.5 Å². The molecule has 1 N–H and O–H groups in total. The average Bonchev–Trinajstić information content (AvgIpc) is 3.02. The Morgan fingerprint density at radius 3 is 2.73 bits per heavy atom. The maximum absolute atomic E-state index is 12.2. The monoisotopic (exact) mass is 320 g/mol. The van der Waals surface area contributed by atoms with Crippen LogP contribution < -0.4 is 5.32 Å². The lowest BCUT2D eigenvalue weighted by molar-refractivity contribution is 0.102. The van der Waals surface area contributed by atoms with Crippen LogP contribution in [0.5, 0.6) is 0 Å². The van der Waals surface area contributed by atoms with Crippen molar-refractivity contribution in [2.24, 2.45) is 0 Å². The number of carbonyl (C=O) groups is 1. The average molecular weight is 320 g/mol. The third-order valence-electron chi connectivity index (χ3n) is 3.60. The molecular formula is C14H16N4O3S. The zero-order chi connectivity index (χ0) is 15.7. The van der Waals surface area contributed by atoms with Crippen LogP contribution in [0.2, 0.25) is 0 Å². The Kier molecular flexibility index (Phi) is 3.69. The van der Waals surface area contributed by atoms with E-state index in [4.69, 9.17) is 0 Å². The van der Waals surface area contributed by atoms with E-state index in [0.29, 0.717) is 17.8 Å². The lowest BCUT2D eigenvalue weighted by Crippen LogP contribution is -2.19. The summed E-state index contributed by atoms with van der Waals surface area (Å²) >= 11 is 0. The first-order valence-electron chi connectivity index (χ1n) is 6.92.